The van der Waals surface area contributed by atoms with Crippen molar-refractivity contribution in [3.05, 3.63) is 0 Å². The van der Waals surface area contributed by atoms with E-state index in [0.717, 1.165) is 0 Å². The van der Waals surface area contributed by atoms with Crippen LogP contribution in [-0.4, -0.2) is 69.1 Å². The van der Waals surface area contributed by atoms with Crippen LogP contribution in [0.3, 0.4) is 0 Å². The van der Waals surface area contributed by atoms with E-state index in [-0.39, 0.29) is 48.9 Å². The number of morpholine rings is 1. The molecule has 2 rings (SSSR count). The number of sulfonamides is 1. The summed E-state index contributed by atoms with van der Waals surface area (Å²) in [7, 11) is -6.56. The lowest BCUT2D eigenvalue weighted by Crippen LogP contribution is -2.54. The predicted molar refractivity (Wildman–Crippen MR) is 77.2 cm³/mol. The van der Waals surface area contributed by atoms with Gasteiger partial charge >= 0.3 is 0 Å². The summed E-state index contributed by atoms with van der Waals surface area (Å²) < 4.78 is 55.0. The lowest BCUT2D eigenvalue weighted by molar-refractivity contribution is -0.0155. The van der Waals surface area contributed by atoms with E-state index in [0.29, 0.717) is 6.61 Å². The molecule has 2 saturated heterocycles. The molecule has 0 aromatic heterocycles. The number of halogens is 1. The van der Waals surface area contributed by atoms with Crippen LogP contribution in [0.5, 0.6) is 0 Å². The third kappa shape index (κ3) is 3.47. The van der Waals surface area contributed by atoms with Crippen molar-refractivity contribution < 1.29 is 21.6 Å². The van der Waals surface area contributed by atoms with Crippen molar-refractivity contribution in [2.75, 3.05) is 30.5 Å². The second-order valence-electron chi connectivity index (χ2n) is 5.42. The molecule has 0 bridgehead atoms. The van der Waals surface area contributed by atoms with E-state index in [1.807, 2.05) is 0 Å². The van der Waals surface area contributed by atoms with Gasteiger partial charge < -0.3 is 4.74 Å². The molecule has 2 heterocycles. The first-order valence-electron chi connectivity index (χ1n) is 6.65. The summed E-state index contributed by atoms with van der Waals surface area (Å²) in [6.45, 7) is 2.36. The second kappa shape index (κ2) is 6.08. The fourth-order valence-corrected chi connectivity index (χ4v) is 6.72. The van der Waals surface area contributed by atoms with E-state index >= 15 is 0 Å². The number of alkyl halides is 1. The Labute approximate surface area is 125 Å². The van der Waals surface area contributed by atoms with Gasteiger partial charge in [0.2, 0.25) is 10.0 Å². The van der Waals surface area contributed by atoms with Gasteiger partial charge in [-0.15, -0.1) is 11.6 Å². The summed E-state index contributed by atoms with van der Waals surface area (Å²) >= 11 is 5.74. The third-order valence-corrected chi connectivity index (χ3v) is 8.41. The zero-order chi connectivity index (χ0) is 15.0. The normalized spacial score (nSPS) is 33.1. The molecular weight excluding hydrogens is 326 g/mol. The molecule has 0 radical (unpaired) electrons. The molecule has 20 heavy (non-hydrogen) atoms. The van der Waals surface area contributed by atoms with Crippen molar-refractivity contribution in [1.82, 2.24) is 4.31 Å². The summed E-state index contributed by atoms with van der Waals surface area (Å²) in [6, 6.07) is -0.238. The average Bonchev–Trinajstić information content (AvgIpc) is 2.38. The van der Waals surface area contributed by atoms with Gasteiger partial charge in [-0.25, -0.2) is 16.8 Å². The molecule has 0 aromatic rings. The maximum absolute atomic E-state index is 12.7. The smallest absolute Gasteiger partial charge is 0.217 e. The Balaban J connectivity index is 2.13. The Hall–Kier alpha value is 0.110. The number of nitrogens with zero attached hydrogens (tertiary/aromatic N) is 1. The quantitative estimate of drug-likeness (QED) is 0.684. The molecule has 2 aliphatic heterocycles. The van der Waals surface area contributed by atoms with E-state index in [9.17, 15) is 16.8 Å². The summed E-state index contributed by atoms with van der Waals surface area (Å²) in [6.07, 6.45) is 0.0653. The minimum atomic E-state index is -3.50. The monoisotopic (exact) mass is 345 g/mol. The van der Waals surface area contributed by atoms with Gasteiger partial charge in [0.15, 0.2) is 0 Å². The van der Waals surface area contributed by atoms with Crippen LogP contribution in [0.2, 0.25) is 0 Å². The summed E-state index contributed by atoms with van der Waals surface area (Å²) in [5.41, 5.74) is 0. The van der Waals surface area contributed by atoms with Crippen molar-refractivity contribution in [3.63, 3.8) is 0 Å². The Bertz CT molecular complexity index is 533. The second-order valence-corrected chi connectivity index (χ2v) is 10.2. The van der Waals surface area contributed by atoms with Crippen LogP contribution in [0, 0.1) is 0 Å². The van der Waals surface area contributed by atoms with Crippen LogP contribution in [0.4, 0.5) is 0 Å². The molecule has 0 aromatic carbocycles. The van der Waals surface area contributed by atoms with Crippen LogP contribution in [0.15, 0.2) is 0 Å². The predicted octanol–water partition coefficient (Wildman–Crippen LogP) is 0.222. The van der Waals surface area contributed by atoms with Gasteiger partial charge in [0.05, 0.1) is 29.5 Å². The first kappa shape index (κ1) is 16.5. The van der Waals surface area contributed by atoms with E-state index < -0.39 is 25.1 Å². The van der Waals surface area contributed by atoms with Gasteiger partial charge in [-0.05, 0) is 19.8 Å². The summed E-state index contributed by atoms with van der Waals surface area (Å²) in [5, 5.41) is -0.609. The van der Waals surface area contributed by atoms with Gasteiger partial charge in [-0.1, -0.05) is 0 Å². The Kier molecular flexibility index (Phi) is 5.01. The standard InChI is InChI=1S/C11H20ClNO5S2/c1-9-8-18-10(6-12)7-13(9)20(16,17)11-2-4-19(14,15)5-3-11/h9-11H,2-8H2,1H3. The zero-order valence-electron chi connectivity index (χ0n) is 11.4. The van der Waals surface area contributed by atoms with E-state index in [1.165, 1.54) is 4.31 Å². The number of sulfone groups is 1. The van der Waals surface area contributed by atoms with Crippen molar-refractivity contribution in [2.45, 2.75) is 37.2 Å². The highest BCUT2D eigenvalue weighted by molar-refractivity contribution is 7.92. The molecule has 9 heteroatoms. The van der Waals surface area contributed by atoms with Crippen LogP contribution >= 0.6 is 11.6 Å². The molecule has 2 aliphatic rings. The summed E-state index contributed by atoms with van der Waals surface area (Å²) in [4.78, 5) is 0. The maximum Gasteiger partial charge on any atom is 0.217 e. The highest BCUT2D eigenvalue weighted by Crippen LogP contribution is 2.26. The van der Waals surface area contributed by atoms with Crippen LogP contribution in [-0.2, 0) is 24.6 Å². The van der Waals surface area contributed by atoms with Crippen LogP contribution in [0.25, 0.3) is 0 Å². The lowest BCUT2D eigenvalue weighted by Gasteiger charge is -2.39. The molecule has 0 saturated carbocycles. The largest absolute Gasteiger partial charge is 0.374 e. The average molecular weight is 346 g/mol. The molecule has 0 aliphatic carbocycles. The van der Waals surface area contributed by atoms with Crippen LogP contribution in [0.1, 0.15) is 19.8 Å². The Morgan fingerprint density at radius 1 is 1.30 bits per heavy atom. The minimum absolute atomic E-state index is 0.0471. The van der Waals surface area contributed by atoms with Gasteiger partial charge in [0.1, 0.15) is 9.84 Å². The zero-order valence-corrected chi connectivity index (χ0v) is 13.8. The van der Waals surface area contributed by atoms with Gasteiger partial charge in [0.25, 0.3) is 0 Å². The first-order valence-corrected chi connectivity index (χ1v) is 10.5. The number of rotatable bonds is 3. The van der Waals surface area contributed by atoms with E-state index in [1.54, 1.807) is 6.92 Å². The van der Waals surface area contributed by atoms with Crippen molar-refractivity contribution >= 4 is 31.5 Å². The van der Waals surface area contributed by atoms with Gasteiger partial charge in [-0.2, -0.15) is 4.31 Å². The molecule has 118 valence electrons. The SMILES string of the molecule is CC1COC(CCl)CN1S(=O)(=O)C1CCS(=O)(=O)CC1. The first-order chi connectivity index (χ1) is 9.26. The lowest BCUT2D eigenvalue weighted by atomic mass is 10.2. The molecule has 0 spiro atoms. The fourth-order valence-electron chi connectivity index (χ4n) is 2.60. The highest BCUT2D eigenvalue weighted by atomic mass is 35.5. The van der Waals surface area contributed by atoms with Crippen molar-refractivity contribution in [1.29, 1.82) is 0 Å². The number of hydrogen-bond donors (Lipinski definition) is 0. The molecule has 0 N–H and O–H groups in total. The van der Waals surface area contributed by atoms with Gasteiger partial charge in [-0.3, -0.25) is 0 Å². The number of ether oxygens (including phenoxy) is 1. The minimum Gasteiger partial charge on any atom is -0.374 e. The Morgan fingerprint density at radius 3 is 2.45 bits per heavy atom. The maximum atomic E-state index is 12.7. The highest BCUT2D eigenvalue weighted by Gasteiger charge is 2.41. The molecule has 2 atom stereocenters. The van der Waals surface area contributed by atoms with Crippen molar-refractivity contribution in [3.8, 4) is 0 Å². The molecule has 6 nitrogen and oxygen atoms in total. The molecule has 0 amide bonds. The summed E-state index contributed by atoms with van der Waals surface area (Å²) in [5.74, 6) is 0.154. The molecular formula is C11H20ClNO5S2. The Morgan fingerprint density at radius 2 is 1.90 bits per heavy atom. The van der Waals surface area contributed by atoms with Crippen molar-refractivity contribution in [2.24, 2.45) is 0 Å². The fraction of sp³-hybridized carbons (Fsp3) is 1.00. The molecule has 2 unspecified atom stereocenters. The molecule has 2 fully saturated rings. The van der Waals surface area contributed by atoms with E-state index in [2.05, 4.69) is 0 Å². The van der Waals surface area contributed by atoms with Crippen LogP contribution < -0.4 is 0 Å². The van der Waals surface area contributed by atoms with E-state index in [4.69, 9.17) is 16.3 Å². The third-order valence-electron chi connectivity index (χ3n) is 3.87. The topological polar surface area (TPSA) is 80.8 Å². The number of hydrogen-bond acceptors (Lipinski definition) is 5. The van der Waals surface area contributed by atoms with Gasteiger partial charge in [0, 0.05) is 18.5 Å².